The highest BCUT2D eigenvalue weighted by atomic mass is 19.1. The Morgan fingerprint density at radius 1 is 1.10 bits per heavy atom. The number of nitroso groups, excluding NO2 is 1. The molecule has 2 amide bonds. The fourth-order valence-corrected chi connectivity index (χ4v) is 7.04. The molecule has 14 heteroatoms. The maximum Gasteiger partial charge on any atom is 0.234 e. The van der Waals surface area contributed by atoms with E-state index in [0.717, 1.165) is 38.8 Å². The van der Waals surface area contributed by atoms with E-state index in [-0.39, 0.29) is 36.3 Å². The van der Waals surface area contributed by atoms with Crippen molar-refractivity contribution in [3.63, 3.8) is 0 Å². The molecule has 42 heavy (non-hydrogen) atoms. The summed E-state index contributed by atoms with van der Waals surface area (Å²) in [4.78, 5) is 50.1. The van der Waals surface area contributed by atoms with Gasteiger partial charge < -0.3 is 20.9 Å². The summed E-state index contributed by atoms with van der Waals surface area (Å²) in [5, 5.41) is 8.49. The number of anilines is 2. The monoisotopic (exact) mass is 591 g/mol. The minimum atomic E-state index is -1.41. The molecule has 1 aromatic rings. The molecule has 5 atom stereocenters. The van der Waals surface area contributed by atoms with Gasteiger partial charge in [-0.25, -0.2) is 8.78 Å². The molecule has 4 saturated heterocycles. The van der Waals surface area contributed by atoms with E-state index in [1.807, 2.05) is 9.80 Å². The van der Waals surface area contributed by atoms with E-state index in [1.54, 1.807) is 11.9 Å². The van der Waals surface area contributed by atoms with Crippen molar-refractivity contribution in [1.82, 2.24) is 25.0 Å². The van der Waals surface area contributed by atoms with Crippen LogP contribution >= 0.6 is 0 Å². The number of nitrogens with two attached hydrogens (primary N) is 1. The van der Waals surface area contributed by atoms with Gasteiger partial charge in [-0.05, 0) is 52.2 Å². The quantitative estimate of drug-likeness (QED) is 0.382. The Bertz CT molecular complexity index is 1120. The first kappa shape index (κ1) is 30.6. The van der Waals surface area contributed by atoms with E-state index in [9.17, 15) is 18.9 Å². The van der Waals surface area contributed by atoms with E-state index in [2.05, 4.69) is 25.7 Å². The van der Waals surface area contributed by atoms with Crippen molar-refractivity contribution in [2.75, 3.05) is 69.6 Å². The van der Waals surface area contributed by atoms with E-state index < -0.39 is 36.1 Å². The zero-order chi connectivity index (χ0) is 29.8. The number of rotatable bonds is 8. The third-order valence-corrected chi connectivity index (χ3v) is 9.32. The van der Waals surface area contributed by atoms with Gasteiger partial charge in [-0.3, -0.25) is 29.7 Å². The van der Waals surface area contributed by atoms with Crippen molar-refractivity contribution < 1.29 is 18.4 Å². The smallest absolute Gasteiger partial charge is 0.234 e. The lowest BCUT2D eigenvalue weighted by Crippen LogP contribution is -2.62. The van der Waals surface area contributed by atoms with Crippen LogP contribution in [0.15, 0.2) is 17.6 Å². The second-order valence-corrected chi connectivity index (χ2v) is 12.1. The summed E-state index contributed by atoms with van der Waals surface area (Å²) in [5.74, 6) is -2.37. The third kappa shape index (κ3) is 6.71. The molecule has 4 fully saturated rings. The van der Waals surface area contributed by atoms with Crippen LogP contribution in [0.1, 0.15) is 38.5 Å². The van der Waals surface area contributed by atoms with Crippen LogP contribution in [0, 0.1) is 22.6 Å². The van der Waals surface area contributed by atoms with Gasteiger partial charge in [0.1, 0.15) is 17.8 Å². The summed E-state index contributed by atoms with van der Waals surface area (Å²) >= 11 is 0. The summed E-state index contributed by atoms with van der Waals surface area (Å²) in [6, 6.07) is 0.444. The topological polar surface area (TPSA) is 140 Å². The first-order valence-electron chi connectivity index (χ1n) is 15.1. The molecule has 232 valence electrons. The standard InChI is InChI=1S/C28H43F2N9O3/c1-36-16-19(29)13-33-26(36)23(25(31)35-42)27(40)34-22-15-32-14-21(30)24(22)38-10-5-18(6-11-38)28(41)39-12-7-20(17-39)37-8-3-2-4-9-37/h14-15,18-20,23,25-26,33H,2-13,16-17,31H2,1H3,(H,34,40). The van der Waals surface area contributed by atoms with Crippen molar-refractivity contribution in [3.8, 4) is 0 Å². The molecule has 5 rings (SSSR count). The Hall–Kier alpha value is -2.81. The van der Waals surface area contributed by atoms with Crippen LogP contribution in [0.2, 0.25) is 0 Å². The van der Waals surface area contributed by atoms with Gasteiger partial charge in [0.2, 0.25) is 11.8 Å². The van der Waals surface area contributed by atoms with Crippen LogP contribution in [0.4, 0.5) is 20.2 Å². The lowest BCUT2D eigenvalue weighted by Gasteiger charge is -2.40. The van der Waals surface area contributed by atoms with Crippen LogP contribution < -0.4 is 21.3 Å². The highest BCUT2D eigenvalue weighted by Gasteiger charge is 2.41. The van der Waals surface area contributed by atoms with E-state index in [0.29, 0.717) is 32.0 Å². The summed E-state index contributed by atoms with van der Waals surface area (Å²) in [6.07, 6.45) is 5.06. The second-order valence-electron chi connectivity index (χ2n) is 12.1. The molecule has 0 bridgehead atoms. The Kier molecular flexibility index (Phi) is 9.96. The zero-order valence-electron chi connectivity index (χ0n) is 24.3. The van der Waals surface area contributed by atoms with Gasteiger partial charge in [0, 0.05) is 51.2 Å². The third-order valence-electron chi connectivity index (χ3n) is 9.32. The summed E-state index contributed by atoms with van der Waals surface area (Å²) in [5.41, 5.74) is 6.23. The number of nitrogens with zero attached hydrogens (tertiary/aromatic N) is 6. The molecule has 12 nitrogen and oxygen atoms in total. The first-order chi connectivity index (χ1) is 20.3. The molecular formula is C28H43F2N9O3. The number of hydrogen-bond acceptors (Lipinski definition) is 10. The van der Waals surface area contributed by atoms with Gasteiger partial charge >= 0.3 is 0 Å². The number of likely N-dealkylation sites (tertiary alicyclic amines) is 2. The van der Waals surface area contributed by atoms with Crippen molar-refractivity contribution in [2.45, 2.75) is 63.1 Å². The number of hydrogen-bond donors (Lipinski definition) is 3. The predicted molar refractivity (Wildman–Crippen MR) is 155 cm³/mol. The average molecular weight is 592 g/mol. The molecule has 1 aromatic heterocycles. The zero-order valence-corrected chi connectivity index (χ0v) is 24.3. The van der Waals surface area contributed by atoms with Crippen LogP contribution in [0.3, 0.4) is 0 Å². The Morgan fingerprint density at radius 2 is 1.83 bits per heavy atom. The second kappa shape index (κ2) is 13.7. The van der Waals surface area contributed by atoms with Crippen LogP contribution in [-0.2, 0) is 9.59 Å². The molecule has 4 N–H and O–H groups in total. The van der Waals surface area contributed by atoms with Gasteiger partial charge in [-0.15, -0.1) is 4.91 Å². The number of amides is 2. The number of carbonyl (C=O) groups is 2. The molecule has 4 aliphatic rings. The Balaban J connectivity index is 1.22. The molecule has 0 spiro atoms. The number of carbonyl (C=O) groups excluding carboxylic acids is 2. The molecule has 0 aromatic carbocycles. The highest BCUT2D eigenvalue weighted by molar-refractivity contribution is 5.96. The van der Waals surface area contributed by atoms with E-state index >= 15 is 4.39 Å². The van der Waals surface area contributed by atoms with Crippen molar-refractivity contribution >= 4 is 23.2 Å². The van der Waals surface area contributed by atoms with Gasteiger partial charge in [0.05, 0.1) is 24.2 Å². The summed E-state index contributed by atoms with van der Waals surface area (Å²) in [7, 11) is 1.62. The van der Waals surface area contributed by atoms with Crippen molar-refractivity contribution in [3.05, 3.63) is 23.1 Å². The predicted octanol–water partition coefficient (Wildman–Crippen LogP) is 1.33. The fraction of sp³-hybridized carbons (Fsp3) is 0.750. The molecule has 5 unspecified atom stereocenters. The van der Waals surface area contributed by atoms with E-state index in [1.165, 1.54) is 25.5 Å². The molecule has 0 aliphatic carbocycles. The number of nitrogens with one attached hydrogen (secondary N) is 2. The molecule has 5 heterocycles. The van der Waals surface area contributed by atoms with Crippen LogP contribution in [0.25, 0.3) is 0 Å². The van der Waals surface area contributed by atoms with Crippen LogP contribution in [0.5, 0.6) is 0 Å². The summed E-state index contributed by atoms with van der Waals surface area (Å²) < 4.78 is 29.1. The first-order valence-corrected chi connectivity index (χ1v) is 15.1. The Morgan fingerprint density at radius 3 is 2.52 bits per heavy atom. The van der Waals surface area contributed by atoms with Crippen molar-refractivity contribution in [1.29, 1.82) is 0 Å². The number of alkyl halides is 1. The molecule has 0 saturated carbocycles. The fourth-order valence-electron chi connectivity index (χ4n) is 7.04. The lowest BCUT2D eigenvalue weighted by atomic mass is 9.94. The van der Waals surface area contributed by atoms with Crippen molar-refractivity contribution in [2.24, 2.45) is 22.7 Å². The Labute approximate surface area is 245 Å². The highest BCUT2D eigenvalue weighted by Crippen LogP contribution is 2.34. The number of halogens is 2. The number of pyridine rings is 1. The SMILES string of the molecule is CN1CC(F)CNC1C(C(=O)Nc1cncc(F)c1N1CCC(C(=O)N2CCC(N3CCCCC3)C2)CC1)C(N)N=O. The largest absolute Gasteiger partial charge is 0.367 e. The number of piperidine rings is 2. The van der Waals surface area contributed by atoms with Crippen LogP contribution in [-0.4, -0.2) is 115 Å². The molecular weight excluding hydrogens is 548 g/mol. The summed E-state index contributed by atoms with van der Waals surface area (Å²) in [6.45, 7) is 4.73. The van der Waals surface area contributed by atoms with Gasteiger partial charge in [0.25, 0.3) is 0 Å². The normalized spacial score (nSPS) is 28.0. The van der Waals surface area contributed by atoms with Gasteiger partial charge in [-0.2, -0.15) is 0 Å². The maximum atomic E-state index is 15.2. The average Bonchev–Trinajstić information content (AvgIpc) is 3.49. The van der Waals surface area contributed by atoms with Gasteiger partial charge in [0.15, 0.2) is 12.0 Å². The van der Waals surface area contributed by atoms with E-state index in [4.69, 9.17) is 5.73 Å². The minimum absolute atomic E-state index is 0.00113. The lowest BCUT2D eigenvalue weighted by molar-refractivity contribution is -0.135. The molecule has 4 aliphatic heterocycles. The van der Waals surface area contributed by atoms with Gasteiger partial charge in [-0.1, -0.05) is 11.6 Å². The number of aromatic nitrogens is 1. The maximum absolute atomic E-state index is 15.2. The minimum Gasteiger partial charge on any atom is -0.367 e. The molecule has 0 radical (unpaired) electrons.